The number of benzene rings is 1. The number of urea groups is 1. The van der Waals surface area contributed by atoms with Gasteiger partial charge in [0.05, 0.1) is 5.60 Å². The molecule has 2 amide bonds. The first-order valence-electron chi connectivity index (χ1n) is 7.01. The van der Waals surface area contributed by atoms with Gasteiger partial charge in [-0.25, -0.2) is 9.48 Å². The van der Waals surface area contributed by atoms with E-state index in [0.29, 0.717) is 17.9 Å². The molecule has 0 radical (unpaired) electrons. The van der Waals surface area contributed by atoms with Crippen molar-refractivity contribution in [3.05, 3.63) is 24.3 Å². The number of amides is 2. The molecule has 0 aliphatic rings. The predicted octanol–water partition coefficient (Wildman–Crippen LogP) is 1.16. The van der Waals surface area contributed by atoms with Crippen LogP contribution in [0, 0.1) is 0 Å². The quantitative estimate of drug-likeness (QED) is 0.769. The molecule has 2 rings (SSSR count). The van der Waals surface area contributed by atoms with Crippen molar-refractivity contribution in [3.63, 3.8) is 0 Å². The number of aryl methyl sites for hydroxylation is 1. The maximum atomic E-state index is 11.9. The summed E-state index contributed by atoms with van der Waals surface area (Å²) >= 11 is 0. The van der Waals surface area contributed by atoms with E-state index in [2.05, 4.69) is 26.2 Å². The Morgan fingerprint density at radius 3 is 2.86 bits per heavy atom. The summed E-state index contributed by atoms with van der Waals surface area (Å²) in [5.41, 5.74) is 0.503. The van der Waals surface area contributed by atoms with Crippen molar-refractivity contribution in [1.29, 1.82) is 0 Å². The van der Waals surface area contributed by atoms with Crippen molar-refractivity contribution >= 4 is 11.7 Å². The lowest BCUT2D eigenvalue weighted by Crippen LogP contribution is -2.41. The van der Waals surface area contributed by atoms with E-state index in [1.165, 1.54) is 0 Å². The molecule has 0 aliphatic heterocycles. The van der Waals surface area contributed by atoms with Gasteiger partial charge < -0.3 is 15.7 Å². The molecular formula is C14H20N6O2. The van der Waals surface area contributed by atoms with Crippen LogP contribution in [0.5, 0.6) is 0 Å². The first-order chi connectivity index (χ1) is 10.4. The summed E-state index contributed by atoms with van der Waals surface area (Å²) in [6.45, 7) is 3.72. The maximum absolute atomic E-state index is 11.9. The maximum Gasteiger partial charge on any atom is 0.319 e. The molecule has 0 saturated carbocycles. The Bertz CT molecular complexity index is 652. The summed E-state index contributed by atoms with van der Waals surface area (Å²) in [7, 11) is 1.75. The first kappa shape index (κ1) is 15.9. The molecule has 1 atom stereocenters. The standard InChI is InChI=1S/C14H20N6O2/c1-4-14(2,22)9-15-13(21)16-11-7-5-6-10(8-11)12-17-18-19-20(12)3/h5-8,22H,4,9H2,1-3H3,(H2,15,16,21). The van der Waals surface area contributed by atoms with Crippen molar-refractivity contribution in [1.82, 2.24) is 25.5 Å². The minimum Gasteiger partial charge on any atom is -0.388 e. The summed E-state index contributed by atoms with van der Waals surface area (Å²) in [5.74, 6) is 0.609. The Kier molecular flexibility index (Phi) is 4.71. The monoisotopic (exact) mass is 304 g/mol. The van der Waals surface area contributed by atoms with E-state index >= 15 is 0 Å². The van der Waals surface area contributed by atoms with Gasteiger partial charge >= 0.3 is 6.03 Å². The van der Waals surface area contributed by atoms with Crippen LogP contribution < -0.4 is 10.6 Å². The molecule has 1 unspecified atom stereocenters. The molecule has 1 heterocycles. The molecule has 0 saturated heterocycles. The van der Waals surface area contributed by atoms with Gasteiger partial charge in [0, 0.05) is 24.8 Å². The third-order valence-electron chi connectivity index (χ3n) is 3.39. The molecule has 0 aliphatic carbocycles. The van der Waals surface area contributed by atoms with Crippen LogP contribution in [-0.4, -0.2) is 43.5 Å². The second-order valence-corrected chi connectivity index (χ2v) is 5.37. The van der Waals surface area contributed by atoms with E-state index in [4.69, 9.17) is 0 Å². The zero-order valence-electron chi connectivity index (χ0n) is 12.9. The lowest BCUT2D eigenvalue weighted by Gasteiger charge is -2.21. The van der Waals surface area contributed by atoms with Gasteiger partial charge in [-0.05, 0) is 35.9 Å². The van der Waals surface area contributed by atoms with E-state index in [1.54, 1.807) is 30.8 Å². The summed E-state index contributed by atoms with van der Waals surface area (Å²) < 4.78 is 1.55. The zero-order valence-corrected chi connectivity index (χ0v) is 12.9. The van der Waals surface area contributed by atoms with Crippen molar-refractivity contribution < 1.29 is 9.90 Å². The lowest BCUT2D eigenvalue weighted by atomic mass is 10.0. The van der Waals surface area contributed by atoms with Crippen molar-refractivity contribution in [2.24, 2.45) is 7.05 Å². The molecule has 3 N–H and O–H groups in total. The molecule has 0 fully saturated rings. The van der Waals surface area contributed by atoms with Gasteiger partial charge in [-0.2, -0.15) is 0 Å². The lowest BCUT2D eigenvalue weighted by molar-refractivity contribution is 0.0587. The number of rotatable bonds is 5. The van der Waals surface area contributed by atoms with Crippen LogP contribution in [0.25, 0.3) is 11.4 Å². The molecule has 1 aromatic heterocycles. The fourth-order valence-corrected chi connectivity index (χ4v) is 1.78. The third kappa shape index (κ3) is 4.01. The smallest absolute Gasteiger partial charge is 0.319 e. The van der Waals surface area contributed by atoms with Gasteiger partial charge in [0.1, 0.15) is 0 Å². The molecule has 8 nitrogen and oxygen atoms in total. The zero-order chi connectivity index (χ0) is 16.2. The number of nitrogens with one attached hydrogen (secondary N) is 2. The SMILES string of the molecule is CCC(C)(O)CNC(=O)Nc1cccc(-c2nnnn2C)c1. The number of carbonyl (C=O) groups is 1. The molecule has 1 aromatic carbocycles. The van der Waals surface area contributed by atoms with Gasteiger partial charge in [-0.1, -0.05) is 19.1 Å². The number of carbonyl (C=O) groups excluding carboxylic acids is 1. The number of aliphatic hydroxyl groups is 1. The van der Waals surface area contributed by atoms with Gasteiger partial charge in [0.15, 0.2) is 5.82 Å². The molecule has 0 spiro atoms. The van der Waals surface area contributed by atoms with E-state index < -0.39 is 5.60 Å². The fraction of sp³-hybridized carbons (Fsp3) is 0.429. The van der Waals surface area contributed by atoms with Crippen LogP contribution in [0.4, 0.5) is 10.5 Å². The minimum atomic E-state index is -0.913. The highest BCUT2D eigenvalue weighted by atomic mass is 16.3. The van der Waals surface area contributed by atoms with E-state index in [-0.39, 0.29) is 12.6 Å². The highest BCUT2D eigenvalue weighted by Gasteiger charge is 2.18. The average molecular weight is 304 g/mol. The normalized spacial score (nSPS) is 13.5. The van der Waals surface area contributed by atoms with E-state index in [1.807, 2.05) is 19.1 Å². The number of aromatic nitrogens is 4. The second kappa shape index (κ2) is 6.52. The van der Waals surface area contributed by atoms with Gasteiger partial charge in [-0.15, -0.1) is 5.10 Å². The highest BCUT2D eigenvalue weighted by Crippen LogP contribution is 2.19. The Morgan fingerprint density at radius 2 is 2.23 bits per heavy atom. The fourth-order valence-electron chi connectivity index (χ4n) is 1.78. The second-order valence-electron chi connectivity index (χ2n) is 5.37. The molecule has 8 heteroatoms. The van der Waals surface area contributed by atoms with Crippen molar-refractivity contribution in [2.75, 3.05) is 11.9 Å². The number of hydrogen-bond acceptors (Lipinski definition) is 5. The highest BCUT2D eigenvalue weighted by molar-refractivity contribution is 5.89. The number of tetrazole rings is 1. The van der Waals surface area contributed by atoms with Crippen LogP contribution in [-0.2, 0) is 7.05 Å². The summed E-state index contributed by atoms with van der Waals surface area (Å²) in [6.07, 6.45) is 0.557. The van der Waals surface area contributed by atoms with Crippen LogP contribution in [0.3, 0.4) is 0 Å². The third-order valence-corrected chi connectivity index (χ3v) is 3.39. The van der Waals surface area contributed by atoms with E-state index in [9.17, 15) is 9.90 Å². The summed E-state index contributed by atoms with van der Waals surface area (Å²) in [4.78, 5) is 11.9. The summed E-state index contributed by atoms with van der Waals surface area (Å²) in [5, 5.41) is 26.5. The first-order valence-corrected chi connectivity index (χ1v) is 7.01. The molecule has 118 valence electrons. The van der Waals surface area contributed by atoms with Crippen molar-refractivity contribution in [3.8, 4) is 11.4 Å². The Morgan fingerprint density at radius 1 is 1.45 bits per heavy atom. The Labute approximate surface area is 128 Å². The number of nitrogens with zero attached hydrogens (tertiary/aromatic N) is 4. The van der Waals surface area contributed by atoms with Gasteiger partial charge in [0.25, 0.3) is 0 Å². The predicted molar refractivity (Wildman–Crippen MR) is 82.2 cm³/mol. The Balaban J connectivity index is 2.02. The average Bonchev–Trinajstić information content (AvgIpc) is 2.92. The molecule has 2 aromatic rings. The number of anilines is 1. The van der Waals surface area contributed by atoms with Crippen LogP contribution in [0.1, 0.15) is 20.3 Å². The van der Waals surface area contributed by atoms with E-state index in [0.717, 1.165) is 5.56 Å². The van der Waals surface area contributed by atoms with Gasteiger partial charge in [-0.3, -0.25) is 0 Å². The minimum absolute atomic E-state index is 0.183. The molecule has 22 heavy (non-hydrogen) atoms. The number of hydrogen-bond donors (Lipinski definition) is 3. The van der Waals surface area contributed by atoms with Gasteiger partial charge in [0.2, 0.25) is 0 Å². The largest absolute Gasteiger partial charge is 0.388 e. The van der Waals surface area contributed by atoms with Crippen LogP contribution in [0.2, 0.25) is 0 Å². The molecule has 0 bridgehead atoms. The van der Waals surface area contributed by atoms with Crippen LogP contribution in [0.15, 0.2) is 24.3 Å². The molecular weight excluding hydrogens is 284 g/mol. The Hall–Kier alpha value is -2.48. The van der Waals surface area contributed by atoms with Crippen LogP contribution >= 0.6 is 0 Å². The summed E-state index contributed by atoms with van der Waals surface area (Å²) in [6, 6.07) is 6.84. The topological polar surface area (TPSA) is 105 Å². The van der Waals surface area contributed by atoms with Crippen molar-refractivity contribution in [2.45, 2.75) is 25.9 Å².